The number of piperidine rings is 1. The molecule has 1 fully saturated rings. The van der Waals surface area contributed by atoms with Crippen LogP contribution in [-0.2, 0) is 4.79 Å². The molecule has 1 saturated heterocycles. The summed E-state index contributed by atoms with van der Waals surface area (Å²) in [7, 11) is 0. The van der Waals surface area contributed by atoms with E-state index in [1.807, 2.05) is 38.1 Å². The molecule has 1 aliphatic heterocycles. The molecule has 4 rings (SSSR count). The van der Waals surface area contributed by atoms with E-state index in [1.54, 1.807) is 18.3 Å². The van der Waals surface area contributed by atoms with Crippen LogP contribution in [0, 0.1) is 12.8 Å². The van der Waals surface area contributed by atoms with Crippen molar-refractivity contribution in [1.82, 2.24) is 20.1 Å². The molecule has 2 atom stereocenters. The van der Waals surface area contributed by atoms with Gasteiger partial charge in [-0.05, 0) is 63.1 Å². The highest BCUT2D eigenvalue weighted by atomic mass is 35.5. The van der Waals surface area contributed by atoms with Crippen LogP contribution in [0.4, 0.5) is 5.82 Å². The lowest BCUT2D eigenvalue weighted by molar-refractivity contribution is -0.121. The number of benzene rings is 1. The molecular weight excluding hydrogens is 402 g/mol. The number of halogens is 1. The molecule has 2 aromatic heterocycles. The Bertz CT molecular complexity index is 1020. The number of hydrogen-bond donors (Lipinski definition) is 1. The van der Waals surface area contributed by atoms with Crippen LogP contribution >= 0.6 is 11.6 Å². The highest BCUT2D eigenvalue weighted by Crippen LogP contribution is 2.29. The molecule has 1 aliphatic rings. The van der Waals surface area contributed by atoms with Crippen molar-refractivity contribution in [1.29, 1.82) is 0 Å². The van der Waals surface area contributed by atoms with Crippen LogP contribution in [0.25, 0.3) is 11.5 Å². The Hall–Kier alpha value is -2.77. The molecular formula is C22H24ClN5O2. The summed E-state index contributed by atoms with van der Waals surface area (Å²) in [6, 6.07) is 11.0. The summed E-state index contributed by atoms with van der Waals surface area (Å²) in [5.41, 5.74) is 1.84. The highest BCUT2D eigenvalue weighted by Gasteiger charge is 2.31. The highest BCUT2D eigenvalue weighted by molar-refractivity contribution is 6.30. The summed E-state index contributed by atoms with van der Waals surface area (Å²) in [5, 5.41) is 11.9. The molecule has 0 aliphatic carbocycles. The van der Waals surface area contributed by atoms with E-state index in [0.717, 1.165) is 30.5 Å². The van der Waals surface area contributed by atoms with E-state index in [0.29, 0.717) is 29.2 Å². The van der Waals surface area contributed by atoms with Gasteiger partial charge in [-0.1, -0.05) is 23.7 Å². The van der Waals surface area contributed by atoms with Crippen molar-refractivity contribution in [2.75, 3.05) is 18.4 Å². The minimum Gasteiger partial charge on any atom is -0.419 e. The van der Waals surface area contributed by atoms with Crippen LogP contribution in [0.5, 0.6) is 0 Å². The molecule has 3 heterocycles. The summed E-state index contributed by atoms with van der Waals surface area (Å²) >= 11 is 6.06. The smallest absolute Gasteiger partial charge is 0.247 e. The lowest BCUT2D eigenvalue weighted by Crippen LogP contribution is -2.42. The van der Waals surface area contributed by atoms with Gasteiger partial charge < -0.3 is 9.73 Å². The monoisotopic (exact) mass is 425 g/mol. The Labute approximate surface area is 180 Å². The number of aryl methyl sites for hydroxylation is 1. The van der Waals surface area contributed by atoms with Crippen molar-refractivity contribution < 1.29 is 9.21 Å². The number of amides is 1. The molecule has 30 heavy (non-hydrogen) atoms. The molecule has 8 heteroatoms. The molecule has 1 N–H and O–H groups in total. The zero-order chi connectivity index (χ0) is 21.1. The molecule has 1 amide bonds. The predicted molar refractivity (Wildman–Crippen MR) is 115 cm³/mol. The van der Waals surface area contributed by atoms with Gasteiger partial charge in [0.05, 0.1) is 12.0 Å². The molecule has 0 radical (unpaired) electrons. The van der Waals surface area contributed by atoms with Crippen molar-refractivity contribution in [2.24, 2.45) is 5.92 Å². The van der Waals surface area contributed by atoms with Gasteiger partial charge >= 0.3 is 0 Å². The Balaban J connectivity index is 1.41. The Morgan fingerprint density at radius 1 is 1.30 bits per heavy atom. The fraction of sp³-hybridized carbons (Fsp3) is 0.364. The first-order chi connectivity index (χ1) is 14.5. The van der Waals surface area contributed by atoms with Gasteiger partial charge in [0, 0.05) is 23.3 Å². The minimum atomic E-state index is -0.111. The Morgan fingerprint density at radius 3 is 2.93 bits per heavy atom. The SMILES string of the molecule is Cc1ccc(NC(=O)[C@H]2CCCN([C@H](C)c3nnc(-c4cccc(Cl)c4)o3)C2)nc1. The van der Waals surface area contributed by atoms with Crippen LogP contribution < -0.4 is 5.32 Å². The number of rotatable bonds is 5. The van der Waals surface area contributed by atoms with Crippen molar-refractivity contribution in [3.63, 3.8) is 0 Å². The number of nitrogens with zero attached hydrogens (tertiary/aromatic N) is 4. The lowest BCUT2D eigenvalue weighted by atomic mass is 9.96. The summed E-state index contributed by atoms with van der Waals surface area (Å²) in [6.07, 6.45) is 3.52. The van der Waals surface area contributed by atoms with Gasteiger partial charge in [0.2, 0.25) is 17.7 Å². The minimum absolute atomic E-state index is 0.00611. The van der Waals surface area contributed by atoms with Gasteiger partial charge in [-0.3, -0.25) is 9.69 Å². The molecule has 7 nitrogen and oxygen atoms in total. The first-order valence-corrected chi connectivity index (χ1v) is 10.4. The van der Waals surface area contributed by atoms with E-state index >= 15 is 0 Å². The average Bonchev–Trinajstić information content (AvgIpc) is 3.25. The molecule has 0 bridgehead atoms. The number of hydrogen-bond acceptors (Lipinski definition) is 6. The quantitative estimate of drug-likeness (QED) is 0.647. The fourth-order valence-electron chi connectivity index (χ4n) is 3.64. The third-order valence-electron chi connectivity index (χ3n) is 5.40. The van der Waals surface area contributed by atoms with Crippen LogP contribution in [0.2, 0.25) is 5.02 Å². The second-order valence-corrected chi connectivity index (χ2v) is 8.11. The number of aromatic nitrogens is 3. The Kier molecular flexibility index (Phi) is 6.11. The maximum absolute atomic E-state index is 12.7. The van der Waals surface area contributed by atoms with Crippen molar-refractivity contribution in [2.45, 2.75) is 32.7 Å². The van der Waals surface area contributed by atoms with E-state index < -0.39 is 0 Å². The molecule has 0 spiro atoms. The standard InChI is InChI=1S/C22H24ClN5O2/c1-14-8-9-19(24-12-14)25-20(29)17-6-4-10-28(13-17)15(2)21-26-27-22(30-21)16-5-3-7-18(23)11-16/h3,5,7-9,11-12,15,17H,4,6,10,13H2,1-2H3,(H,24,25,29)/t15-,17+/m1/s1. The van der Waals surface area contributed by atoms with Gasteiger partial charge in [0.25, 0.3) is 0 Å². The van der Waals surface area contributed by atoms with Gasteiger partial charge in [0.1, 0.15) is 5.82 Å². The second kappa shape index (κ2) is 8.93. The van der Waals surface area contributed by atoms with Crippen LogP contribution in [0.15, 0.2) is 47.0 Å². The first-order valence-electron chi connectivity index (χ1n) is 10.1. The molecule has 0 saturated carbocycles. The average molecular weight is 426 g/mol. The van der Waals surface area contributed by atoms with Crippen molar-refractivity contribution in [3.8, 4) is 11.5 Å². The molecule has 0 unspecified atom stereocenters. The summed E-state index contributed by atoms with van der Waals surface area (Å²) in [6.45, 7) is 5.50. The first kappa shape index (κ1) is 20.5. The van der Waals surface area contributed by atoms with E-state index in [4.69, 9.17) is 16.0 Å². The third-order valence-corrected chi connectivity index (χ3v) is 5.64. The number of carbonyl (C=O) groups is 1. The van der Waals surface area contributed by atoms with Gasteiger partial charge in [0.15, 0.2) is 0 Å². The van der Waals surface area contributed by atoms with Gasteiger partial charge in [-0.25, -0.2) is 4.98 Å². The summed E-state index contributed by atoms with van der Waals surface area (Å²) in [4.78, 5) is 19.2. The van der Waals surface area contributed by atoms with Crippen molar-refractivity contribution >= 4 is 23.3 Å². The maximum atomic E-state index is 12.7. The van der Waals surface area contributed by atoms with E-state index in [2.05, 4.69) is 25.4 Å². The van der Waals surface area contributed by atoms with E-state index in [-0.39, 0.29) is 17.9 Å². The summed E-state index contributed by atoms with van der Waals surface area (Å²) in [5.74, 6) is 1.44. The number of likely N-dealkylation sites (tertiary alicyclic amines) is 1. The van der Waals surface area contributed by atoms with Gasteiger partial charge in [-0.2, -0.15) is 0 Å². The third kappa shape index (κ3) is 4.68. The fourth-order valence-corrected chi connectivity index (χ4v) is 3.83. The molecule has 156 valence electrons. The molecule has 3 aromatic rings. The maximum Gasteiger partial charge on any atom is 0.247 e. The van der Waals surface area contributed by atoms with Crippen molar-refractivity contribution in [3.05, 3.63) is 59.1 Å². The summed E-state index contributed by atoms with van der Waals surface area (Å²) < 4.78 is 5.91. The predicted octanol–water partition coefficient (Wildman–Crippen LogP) is 4.51. The van der Waals surface area contributed by atoms with E-state index in [9.17, 15) is 4.79 Å². The number of carbonyl (C=O) groups excluding carboxylic acids is 1. The second-order valence-electron chi connectivity index (χ2n) is 7.68. The molecule has 1 aromatic carbocycles. The lowest BCUT2D eigenvalue weighted by Gasteiger charge is -2.34. The number of pyridine rings is 1. The number of anilines is 1. The topological polar surface area (TPSA) is 84.2 Å². The largest absolute Gasteiger partial charge is 0.419 e. The van der Waals surface area contributed by atoms with Crippen LogP contribution in [-0.4, -0.2) is 39.1 Å². The Morgan fingerprint density at radius 2 is 2.17 bits per heavy atom. The normalized spacial score (nSPS) is 18.2. The van der Waals surface area contributed by atoms with Gasteiger partial charge in [-0.15, -0.1) is 10.2 Å². The number of nitrogens with one attached hydrogen (secondary N) is 1. The van der Waals surface area contributed by atoms with Crippen LogP contribution in [0.1, 0.15) is 37.3 Å². The zero-order valence-electron chi connectivity index (χ0n) is 17.0. The van der Waals surface area contributed by atoms with E-state index in [1.165, 1.54) is 0 Å². The van der Waals surface area contributed by atoms with Crippen LogP contribution in [0.3, 0.4) is 0 Å². The zero-order valence-corrected chi connectivity index (χ0v) is 17.8.